The summed E-state index contributed by atoms with van der Waals surface area (Å²) in [5.41, 5.74) is 4.29. The molecule has 2 heterocycles. The van der Waals surface area contributed by atoms with Crippen LogP contribution in [0.4, 0.5) is 5.95 Å². The predicted molar refractivity (Wildman–Crippen MR) is 115 cm³/mol. The second-order valence-electron chi connectivity index (χ2n) is 7.15. The summed E-state index contributed by atoms with van der Waals surface area (Å²) in [6, 6.07) is 22.1. The summed E-state index contributed by atoms with van der Waals surface area (Å²) in [6.07, 6.45) is 0. The topological polar surface area (TPSA) is 56.1 Å². The monoisotopic (exact) mass is 383 g/mol. The number of ether oxygens (including phenoxy) is 1. The number of aromatic nitrogens is 2. The molecule has 1 aliphatic heterocycles. The number of benzene rings is 3. The van der Waals surface area contributed by atoms with E-state index < -0.39 is 0 Å². The first kappa shape index (κ1) is 17.5. The third-order valence-corrected chi connectivity index (χ3v) is 5.44. The molecule has 1 aliphatic rings. The summed E-state index contributed by atoms with van der Waals surface area (Å²) in [6.45, 7) is 4.07. The van der Waals surface area contributed by atoms with Gasteiger partial charge in [0, 0.05) is 5.70 Å². The standard InChI is InChI=1S/C24H21N3O2/c1-3-29-23(28)21-15(2)25-24-26-19-13-6-7-14-20(19)27(24)22(21)18-12-8-10-16-9-4-5-11-17(16)18/h4-14,22H,3H2,1-2H3,(H,25,26)/t22-/m1/s1. The van der Waals surface area contributed by atoms with E-state index in [-0.39, 0.29) is 12.0 Å². The minimum absolute atomic E-state index is 0.307. The molecule has 0 saturated heterocycles. The number of esters is 1. The summed E-state index contributed by atoms with van der Waals surface area (Å²) in [5.74, 6) is 0.425. The smallest absolute Gasteiger partial charge is 0.338 e. The zero-order valence-electron chi connectivity index (χ0n) is 16.3. The molecule has 144 valence electrons. The first-order valence-electron chi connectivity index (χ1n) is 9.78. The molecular formula is C24H21N3O2. The summed E-state index contributed by atoms with van der Waals surface area (Å²) in [4.78, 5) is 17.8. The number of hydrogen-bond acceptors (Lipinski definition) is 4. The lowest BCUT2D eigenvalue weighted by Gasteiger charge is -2.31. The Kier molecular flexibility index (Phi) is 4.09. The molecule has 0 aliphatic carbocycles. The van der Waals surface area contributed by atoms with Crippen LogP contribution in [-0.4, -0.2) is 22.1 Å². The van der Waals surface area contributed by atoms with Crippen molar-refractivity contribution in [1.29, 1.82) is 0 Å². The highest BCUT2D eigenvalue weighted by atomic mass is 16.5. The number of rotatable bonds is 3. The van der Waals surface area contributed by atoms with Crippen molar-refractivity contribution in [2.24, 2.45) is 0 Å². The summed E-state index contributed by atoms with van der Waals surface area (Å²) in [7, 11) is 0. The number of hydrogen-bond donors (Lipinski definition) is 1. The Morgan fingerprint density at radius 2 is 1.83 bits per heavy atom. The van der Waals surface area contributed by atoms with Gasteiger partial charge in [-0.2, -0.15) is 0 Å². The molecule has 5 heteroatoms. The van der Waals surface area contributed by atoms with E-state index in [0.717, 1.165) is 39.0 Å². The molecule has 1 N–H and O–H groups in total. The number of nitrogens with zero attached hydrogens (tertiary/aromatic N) is 2. The van der Waals surface area contributed by atoms with Crippen molar-refractivity contribution < 1.29 is 9.53 Å². The van der Waals surface area contributed by atoms with Crippen LogP contribution < -0.4 is 5.32 Å². The third kappa shape index (κ3) is 2.70. The van der Waals surface area contributed by atoms with Crippen LogP contribution in [0.15, 0.2) is 78.0 Å². The average molecular weight is 383 g/mol. The van der Waals surface area contributed by atoms with Crippen molar-refractivity contribution in [2.45, 2.75) is 19.9 Å². The predicted octanol–water partition coefficient (Wildman–Crippen LogP) is 5.04. The highest BCUT2D eigenvalue weighted by Gasteiger charge is 2.35. The molecule has 0 radical (unpaired) electrons. The molecule has 0 amide bonds. The maximum Gasteiger partial charge on any atom is 0.338 e. The van der Waals surface area contributed by atoms with Crippen LogP contribution in [0.1, 0.15) is 25.5 Å². The lowest BCUT2D eigenvalue weighted by Crippen LogP contribution is -2.29. The van der Waals surface area contributed by atoms with Crippen LogP contribution in [-0.2, 0) is 9.53 Å². The van der Waals surface area contributed by atoms with Crippen molar-refractivity contribution in [1.82, 2.24) is 9.55 Å². The lowest BCUT2D eigenvalue weighted by molar-refractivity contribution is -0.139. The molecule has 5 rings (SSSR count). The Bertz CT molecular complexity index is 1280. The van der Waals surface area contributed by atoms with E-state index in [1.54, 1.807) is 0 Å². The van der Waals surface area contributed by atoms with E-state index in [9.17, 15) is 4.79 Å². The van der Waals surface area contributed by atoms with Gasteiger partial charge in [-0.15, -0.1) is 0 Å². The van der Waals surface area contributed by atoms with Crippen molar-refractivity contribution in [3.05, 3.63) is 83.6 Å². The number of para-hydroxylation sites is 2. The summed E-state index contributed by atoms with van der Waals surface area (Å²) in [5, 5.41) is 5.56. The SMILES string of the molecule is CCOC(=O)C1=C(C)Nc2nc3ccccc3n2[C@@H]1c1cccc2ccccc12. The molecule has 0 fully saturated rings. The number of carbonyl (C=O) groups is 1. The molecule has 4 aromatic rings. The quantitative estimate of drug-likeness (QED) is 0.504. The van der Waals surface area contributed by atoms with Crippen molar-refractivity contribution in [3.8, 4) is 0 Å². The van der Waals surface area contributed by atoms with Gasteiger partial charge in [-0.1, -0.05) is 54.6 Å². The molecule has 1 atom stereocenters. The van der Waals surface area contributed by atoms with Crippen molar-refractivity contribution in [3.63, 3.8) is 0 Å². The van der Waals surface area contributed by atoms with E-state index in [1.807, 2.05) is 56.3 Å². The number of anilines is 1. The minimum atomic E-state index is -0.330. The van der Waals surface area contributed by atoms with Gasteiger partial charge in [-0.05, 0) is 42.3 Å². The van der Waals surface area contributed by atoms with E-state index in [2.05, 4.69) is 34.1 Å². The maximum atomic E-state index is 13.0. The normalized spacial score (nSPS) is 16.0. The fourth-order valence-electron chi connectivity index (χ4n) is 4.22. The van der Waals surface area contributed by atoms with Gasteiger partial charge in [-0.3, -0.25) is 4.57 Å². The fourth-order valence-corrected chi connectivity index (χ4v) is 4.22. The van der Waals surface area contributed by atoms with Gasteiger partial charge in [-0.25, -0.2) is 9.78 Å². The lowest BCUT2D eigenvalue weighted by atomic mass is 9.91. The Morgan fingerprint density at radius 1 is 1.07 bits per heavy atom. The fraction of sp³-hybridized carbons (Fsp3) is 0.167. The van der Waals surface area contributed by atoms with Gasteiger partial charge in [0.2, 0.25) is 5.95 Å². The molecule has 0 unspecified atom stereocenters. The van der Waals surface area contributed by atoms with Gasteiger partial charge >= 0.3 is 5.97 Å². The maximum absolute atomic E-state index is 13.0. The van der Waals surface area contributed by atoms with Crippen LogP contribution >= 0.6 is 0 Å². The van der Waals surface area contributed by atoms with Gasteiger partial charge in [0.05, 0.1) is 29.3 Å². The number of carbonyl (C=O) groups excluding carboxylic acids is 1. The Morgan fingerprint density at radius 3 is 2.69 bits per heavy atom. The molecule has 3 aromatic carbocycles. The largest absolute Gasteiger partial charge is 0.463 e. The molecule has 0 bridgehead atoms. The second-order valence-corrected chi connectivity index (χ2v) is 7.15. The molecule has 0 saturated carbocycles. The van der Waals surface area contributed by atoms with E-state index >= 15 is 0 Å². The highest BCUT2D eigenvalue weighted by molar-refractivity contribution is 5.96. The first-order chi connectivity index (χ1) is 14.2. The molecule has 0 spiro atoms. The summed E-state index contributed by atoms with van der Waals surface area (Å²) >= 11 is 0. The van der Waals surface area contributed by atoms with Gasteiger partial charge in [0.1, 0.15) is 0 Å². The van der Waals surface area contributed by atoms with E-state index in [1.165, 1.54) is 0 Å². The van der Waals surface area contributed by atoms with Gasteiger partial charge in [0.25, 0.3) is 0 Å². The number of imidazole rings is 1. The number of nitrogens with one attached hydrogen (secondary N) is 1. The zero-order chi connectivity index (χ0) is 20.0. The Hall–Kier alpha value is -3.60. The Labute approximate surface area is 168 Å². The highest BCUT2D eigenvalue weighted by Crippen LogP contribution is 2.41. The average Bonchev–Trinajstić information content (AvgIpc) is 3.10. The molecular weight excluding hydrogens is 362 g/mol. The summed E-state index contributed by atoms with van der Waals surface area (Å²) < 4.78 is 7.56. The number of fused-ring (bicyclic) bond motifs is 4. The van der Waals surface area contributed by atoms with E-state index in [4.69, 9.17) is 9.72 Å². The van der Waals surface area contributed by atoms with Crippen LogP contribution in [0.25, 0.3) is 21.8 Å². The Balaban J connectivity index is 1.85. The molecule has 1 aromatic heterocycles. The van der Waals surface area contributed by atoms with Crippen molar-refractivity contribution in [2.75, 3.05) is 11.9 Å². The van der Waals surface area contributed by atoms with Crippen LogP contribution in [0.3, 0.4) is 0 Å². The van der Waals surface area contributed by atoms with Gasteiger partial charge < -0.3 is 10.1 Å². The zero-order valence-corrected chi connectivity index (χ0v) is 16.3. The third-order valence-electron chi connectivity index (χ3n) is 5.44. The van der Waals surface area contributed by atoms with Crippen LogP contribution in [0, 0.1) is 0 Å². The molecule has 5 nitrogen and oxygen atoms in total. The van der Waals surface area contributed by atoms with Crippen molar-refractivity contribution >= 4 is 33.7 Å². The minimum Gasteiger partial charge on any atom is -0.463 e. The number of allylic oxidation sites excluding steroid dienone is 1. The molecule has 29 heavy (non-hydrogen) atoms. The van der Waals surface area contributed by atoms with Gasteiger partial charge in [0.15, 0.2) is 0 Å². The first-order valence-corrected chi connectivity index (χ1v) is 9.78. The second kappa shape index (κ2) is 6.78. The van der Waals surface area contributed by atoms with E-state index in [0.29, 0.717) is 12.2 Å². The van der Waals surface area contributed by atoms with Crippen LogP contribution in [0.5, 0.6) is 0 Å². The van der Waals surface area contributed by atoms with Crippen LogP contribution in [0.2, 0.25) is 0 Å².